The van der Waals surface area contributed by atoms with Crippen LogP contribution in [0.15, 0.2) is 0 Å². The SMILES string of the molecule is CCCCCCCCCCCCCCC(C)CCCC(C)CC. The Balaban J connectivity index is 3.14. The maximum Gasteiger partial charge on any atom is -0.0443 e. The first-order chi connectivity index (χ1) is 11.2. The molecule has 0 saturated carbocycles. The first-order valence-corrected chi connectivity index (χ1v) is 11.2. The Morgan fingerprint density at radius 3 is 1.30 bits per heavy atom. The maximum absolute atomic E-state index is 2.47. The van der Waals surface area contributed by atoms with Gasteiger partial charge in [-0.25, -0.2) is 0 Å². The molecule has 0 fully saturated rings. The Kier molecular flexibility index (Phi) is 18.3. The van der Waals surface area contributed by atoms with Crippen LogP contribution in [0.25, 0.3) is 0 Å². The summed E-state index contributed by atoms with van der Waals surface area (Å²) in [5.74, 6) is 1.90. The molecule has 0 N–H and O–H groups in total. The van der Waals surface area contributed by atoms with Crippen molar-refractivity contribution in [3.05, 3.63) is 0 Å². The normalized spacial score (nSPS) is 14.1. The molecule has 0 spiro atoms. The van der Waals surface area contributed by atoms with Gasteiger partial charge in [0.05, 0.1) is 0 Å². The summed E-state index contributed by atoms with van der Waals surface area (Å²) in [6.07, 6.45) is 24.8. The second kappa shape index (κ2) is 18.3. The van der Waals surface area contributed by atoms with Crippen molar-refractivity contribution in [1.82, 2.24) is 0 Å². The van der Waals surface area contributed by atoms with Crippen molar-refractivity contribution in [1.29, 1.82) is 0 Å². The molecule has 0 radical (unpaired) electrons. The second-order valence-electron chi connectivity index (χ2n) is 8.23. The number of hydrogen-bond acceptors (Lipinski definition) is 0. The van der Waals surface area contributed by atoms with Crippen LogP contribution in [0.2, 0.25) is 0 Å². The molecule has 0 nitrogen and oxygen atoms in total. The van der Waals surface area contributed by atoms with Crippen LogP contribution < -0.4 is 0 Å². The van der Waals surface area contributed by atoms with Gasteiger partial charge in [0.1, 0.15) is 0 Å². The summed E-state index contributed by atoms with van der Waals surface area (Å²) in [6, 6.07) is 0. The van der Waals surface area contributed by atoms with Gasteiger partial charge in [-0.3, -0.25) is 0 Å². The second-order valence-corrected chi connectivity index (χ2v) is 8.23. The maximum atomic E-state index is 2.47. The summed E-state index contributed by atoms with van der Waals surface area (Å²) in [4.78, 5) is 0. The van der Waals surface area contributed by atoms with E-state index in [-0.39, 0.29) is 0 Å². The van der Waals surface area contributed by atoms with Gasteiger partial charge in [0, 0.05) is 0 Å². The molecule has 0 saturated heterocycles. The molecule has 0 aromatic carbocycles. The molecular formula is C23H48. The summed E-state index contributed by atoms with van der Waals surface area (Å²) >= 11 is 0. The molecule has 23 heavy (non-hydrogen) atoms. The highest BCUT2D eigenvalue weighted by atomic mass is 14.1. The van der Waals surface area contributed by atoms with E-state index in [9.17, 15) is 0 Å². The first kappa shape index (κ1) is 23.0. The zero-order valence-electron chi connectivity index (χ0n) is 17.2. The Hall–Kier alpha value is 0. The molecule has 0 aliphatic rings. The van der Waals surface area contributed by atoms with E-state index in [0.29, 0.717) is 0 Å². The van der Waals surface area contributed by atoms with Crippen molar-refractivity contribution in [2.24, 2.45) is 11.8 Å². The minimum atomic E-state index is 0.939. The molecule has 0 rings (SSSR count). The van der Waals surface area contributed by atoms with Crippen LogP contribution >= 0.6 is 0 Å². The predicted octanol–water partition coefficient (Wildman–Crippen LogP) is 8.93. The predicted molar refractivity (Wildman–Crippen MR) is 108 cm³/mol. The summed E-state index contributed by atoms with van der Waals surface area (Å²) in [5, 5.41) is 0. The van der Waals surface area contributed by atoms with E-state index in [2.05, 4.69) is 27.7 Å². The van der Waals surface area contributed by atoms with Crippen LogP contribution in [-0.4, -0.2) is 0 Å². The minimum absolute atomic E-state index is 0.939. The number of unbranched alkanes of at least 4 members (excludes halogenated alkanes) is 11. The summed E-state index contributed by atoms with van der Waals surface area (Å²) in [7, 11) is 0. The van der Waals surface area contributed by atoms with E-state index >= 15 is 0 Å². The van der Waals surface area contributed by atoms with Gasteiger partial charge in [0.15, 0.2) is 0 Å². The standard InChI is InChI=1S/C23H48/c1-5-7-8-9-10-11-12-13-14-15-16-17-19-23(4)21-18-20-22(3)6-2/h22-23H,5-21H2,1-4H3. The molecule has 2 unspecified atom stereocenters. The third-order valence-electron chi connectivity index (χ3n) is 5.64. The van der Waals surface area contributed by atoms with Crippen molar-refractivity contribution in [2.45, 2.75) is 137 Å². The van der Waals surface area contributed by atoms with Crippen LogP contribution in [0.5, 0.6) is 0 Å². The van der Waals surface area contributed by atoms with Gasteiger partial charge in [-0.2, -0.15) is 0 Å². The summed E-state index contributed by atoms with van der Waals surface area (Å²) < 4.78 is 0. The topological polar surface area (TPSA) is 0 Å². The molecule has 2 atom stereocenters. The molecule has 0 aromatic rings. The third kappa shape index (κ3) is 18.2. The van der Waals surface area contributed by atoms with Gasteiger partial charge in [-0.1, -0.05) is 137 Å². The first-order valence-electron chi connectivity index (χ1n) is 11.2. The lowest BCUT2D eigenvalue weighted by atomic mass is 9.93. The molecule has 0 aromatic heterocycles. The van der Waals surface area contributed by atoms with Gasteiger partial charge < -0.3 is 0 Å². The van der Waals surface area contributed by atoms with E-state index in [1.54, 1.807) is 0 Å². The highest BCUT2D eigenvalue weighted by Gasteiger charge is 2.04. The lowest BCUT2D eigenvalue weighted by Gasteiger charge is -2.13. The number of hydrogen-bond donors (Lipinski definition) is 0. The fraction of sp³-hybridized carbons (Fsp3) is 1.00. The molecule has 0 amide bonds. The van der Waals surface area contributed by atoms with E-state index in [1.165, 1.54) is 109 Å². The molecule has 0 heterocycles. The quantitative estimate of drug-likeness (QED) is 0.221. The van der Waals surface area contributed by atoms with E-state index in [0.717, 1.165) is 11.8 Å². The van der Waals surface area contributed by atoms with Crippen LogP contribution in [-0.2, 0) is 0 Å². The van der Waals surface area contributed by atoms with E-state index in [1.807, 2.05) is 0 Å². The summed E-state index contributed by atoms with van der Waals surface area (Å²) in [6.45, 7) is 9.49. The minimum Gasteiger partial charge on any atom is -0.0654 e. The van der Waals surface area contributed by atoms with Crippen molar-refractivity contribution >= 4 is 0 Å². The van der Waals surface area contributed by atoms with Gasteiger partial charge in [-0.05, 0) is 11.8 Å². The summed E-state index contributed by atoms with van der Waals surface area (Å²) in [5.41, 5.74) is 0. The molecule has 0 heteroatoms. The molecule has 0 aliphatic heterocycles. The lowest BCUT2D eigenvalue weighted by molar-refractivity contribution is 0.405. The average molecular weight is 325 g/mol. The smallest absolute Gasteiger partial charge is 0.0443 e. The average Bonchev–Trinajstić information content (AvgIpc) is 2.55. The Morgan fingerprint density at radius 1 is 0.435 bits per heavy atom. The lowest BCUT2D eigenvalue weighted by Crippen LogP contribution is -1.98. The molecule has 140 valence electrons. The van der Waals surface area contributed by atoms with Gasteiger partial charge in [-0.15, -0.1) is 0 Å². The van der Waals surface area contributed by atoms with Crippen LogP contribution in [0.1, 0.15) is 137 Å². The van der Waals surface area contributed by atoms with E-state index in [4.69, 9.17) is 0 Å². The van der Waals surface area contributed by atoms with Crippen LogP contribution in [0, 0.1) is 11.8 Å². The van der Waals surface area contributed by atoms with Gasteiger partial charge >= 0.3 is 0 Å². The molecule has 0 aliphatic carbocycles. The van der Waals surface area contributed by atoms with Crippen LogP contribution in [0.4, 0.5) is 0 Å². The largest absolute Gasteiger partial charge is 0.0654 e. The zero-order chi connectivity index (χ0) is 17.2. The Morgan fingerprint density at radius 2 is 0.826 bits per heavy atom. The highest BCUT2D eigenvalue weighted by molar-refractivity contribution is 4.57. The van der Waals surface area contributed by atoms with Gasteiger partial charge in [0.25, 0.3) is 0 Å². The fourth-order valence-corrected chi connectivity index (χ4v) is 3.50. The number of rotatable bonds is 18. The zero-order valence-corrected chi connectivity index (χ0v) is 17.2. The Labute approximate surface area is 149 Å². The van der Waals surface area contributed by atoms with Crippen molar-refractivity contribution in [2.75, 3.05) is 0 Å². The monoisotopic (exact) mass is 324 g/mol. The highest BCUT2D eigenvalue weighted by Crippen LogP contribution is 2.20. The van der Waals surface area contributed by atoms with Crippen molar-refractivity contribution < 1.29 is 0 Å². The molecular weight excluding hydrogens is 276 g/mol. The Bertz CT molecular complexity index is 208. The van der Waals surface area contributed by atoms with Crippen molar-refractivity contribution in [3.63, 3.8) is 0 Å². The fourth-order valence-electron chi connectivity index (χ4n) is 3.50. The molecule has 0 bridgehead atoms. The van der Waals surface area contributed by atoms with Gasteiger partial charge in [0.2, 0.25) is 0 Å². The van der Waals surface area contributed by atoms with Crippen molar-refractivity contribution in [3.8, 4) is 0 Å². The third-order valence-corrected chi connectivity index (χ3v) is 5.64. The van der Waals surface area contributed by atoms with E-state index < -0.39 is 0 Å². The van der Waals surface area contributed by atoms with Crippen LogP contribution in [0.3, 0.4) is 0 Å².